The van der Waals surface area contributed by atoms with E-state index in [1.54, 1.807) is 18.1 Å². The zero-order valence-electron chi connectivity index (χ0n) is 12.9. The van der Waals surface area contributed by atoms with E-state index in [0.717, 1.165) is 11.3 Å². The molecule has 5 heteroatoms. The van der Waals surface area contributed by atoms with Gasteiger partial charge in [-0.3, -0.25) is 9.59 Å². The smallest absolute Gasteiger partial charge is 0.253 e. The van der Waals surface area contributed by atoms with Crippen LogP contribution in [0.5, 0.6) is 5.75 Å². The van der Waals surface area contributed by atoms with Crippen LogP contribution in [0.4, 0.5) is 0 Å². The standard InChI is InChI=1S/C16H22N2O3/c1-4-15(19)17-7-9-18(10-8-17)16(20)13-5-6-14(21-3)12(2)11-13/h5-6,11H,4,7-10H2,1-3H3. The number of rotatable bonds is 3. The third kappa shape index (κ3) is 3.35. The first-order valence-corrected chi connectivity index (χ1v) is 7.28. The van der Waals surface area contributed by atoms with Crippen molar-refractivity contribution in [1.82, 2.24) is 9.80 Å². The van der Waals surface area contributed by atoms with E-state index in [1.165, 1.54) is 0 Å². The Kier molecular flexibility index (Phi) is 4.83. The van der Waals surface area contributed by atoms with Crippen molar-refractivity contribution in [2.45, 2.75) is 20.3 Å². The third-order valence-electron chi connectivity index (χ3n) is 3.86. The molecule has 1 fully saturated rings. The number of hydrogen-bond acceptors (Lipinski definition) is 3. The molecule has 1 saturated heterocycles. The number of carbonyl (C=O) groups excluding carboxylic acids is 2. The monoisotopic (exact) mass is 290 g/mol. The van der Waals surface area contributed by atoms with Crippen LogP contribution in [0.15, 0.2) is 18.2 Å². The van der Waals surface area contributed by atoms with E-state index in [4.69, 9.17) is 4.74 Å². The highest BCUT2D eigenvalue weighted by molar-refractivity contribution is 5.94. The van der Waals surface area contributed by atoms with Gasteiger partial charge in [0, 0.05) is 38.2 Å². The van der Waals surface area contributed by atoms with Crippen molar-refractivity contribution in [3.63, 3.8) is 0 Å². The van der Waals surface area contributed by atoms with Gasteiger partial charge in [0.15, 0.2) is 0 Å². The minimum Gasteiger partial charge on any atom is -0.496 e. The van der Waals surface area contributed by atoms with Gasteiger partial charge in [-0.15, -0.1) is 0 Å². The zero-order valence-corrected chi connectivity index (χ0v) is 12.9. The van der Waals surface area contributed by atoms with Crippen molar-refractivity contribution in [2.24, 2.45) is 0 Å². The molecule has 1 aliphatic heterocycles. The number of ether oxygens (including phenoxy) is 1. The quantitative estimate of drug-likeness (QED) is 0.851. The molecule has 1 aliphatic rings. The summed E-state index contributed by atoms with van der Waals surface area (Å²) >= 11 is 0. The van der Waals surface area contributed by atoms with Crippen LogP contribution in [0.2, 0.25) is 0 Å². The maximum absolute atomic E-state index is 12.5. The molecule has 21 heavy (non-hydrogen) atoms. The fourth-order valence-electron chi connectivity index (χ4n) is 2.58. The fraction of sp³-hybridized carbons (Fsp3) is 0.500. The lowest BCUT2D eigenvalue weighted by molar-refractivity contribution is -0.132. The van der Waals surface area contributed by atoms with Crippen molar-refractivity contribution in [3.8, 4) is 5.75 Å². The second-order valence-corrected chi connectivity index (χ2v) is 5.21. The summed E-state index contributed by atoms with van der Waals surface area (Å²) in [6.45, 7) is 6.21. The molecule has 1 aromatic carbocycles. The lowest BCUT2D eigenvalue weighted by Gasteiger charge is -2.34. The molecule has 0 aromatic heterocycles. The van der Waals surface area contributed by atoms with Crippen molar-refractivity contribution >= 4 is 11.8 Å². The molecule has 0 N–H and O–H groups in total. The summed E-state index contributed by atoms with van der Waals surface area (Å²) in [5.41, 5.74) is 1.62. The molecule has 0 unspecified atom stereocenters. The normalized spacial score (nSPS) is 15.0. The van der Waals surface area contributed by atoms with E-state index in [9.17, 15) is 9.59 Å². The molecule has 0 saturated carbocycles. The molecule has 0 radical (unpaired) electrons. The van der Waals surface area contributed by atoms with Crippen LogP contribution in [-0.2, 0) is 4.79 Å². The molecule has 1 aromatic rings. The number of methoxy groups -OCH3 is 1. The van der Waals surface area contributed by atoms with E-state index in [-0.39, 0.29) is 11.8 Å². The highest BCUT2D eigenvalue weighted by Crippen LogP contribution is 2.20. The highest BCUT2D eigenvalue weighted by atomic mass is 16.5. The molecular weight excluding hydrogens is 268 g/mol. The van der Waals surface area contributed by atoms with Crippen LogP contribution in [0.3, 0.4) is 0 Å². The van der Waals surface area contributed by atoms with Gasteiger partial charge >= 0.3 is 0 Å². The first kappa shape index (κ1) is 15.4. The number of amides is 2. The van der Waals surface area contributed by atoms with Gasteiger partial charge < -0.3 is 14.5 Å². The summed E-state index contributed by atoms with van der Waals surface area (Å²) in [7, 11) is 1.62. The average molecular weight is 290 g/mol. The maximum Gasteiger partial charge on any atom is 0.253 e. The van der Waals surface area contributed by atoms with Crippen molar-refractivity contribution < 1.29 is 14.3 Å². The number of piperazine rings is 1. The molecule has 1 heterocycles. The van der Waals surface area contributed by atoms with Crippen molar-refractivity contribution in [3.05, 3.63) is 29.3 Å². The first-order valence-electron chi connectivity index (χ1n) is 7.28. The lowest BCUT2D eigenvalue weighted by Crippen LogP contribution is -2.50. The predicted molar refractivity (Wildman–Crippen MR) is 80.5 cm³/mol. The molecule has 114 valence electrons. The van der Waals surface area contributed by atoms with E-state index in [1.807, 2.05) is 30.9 Å². The highest BCUT2D eigenvalue weighted by Gasteiger charge is 2.24. The Labute approximate surface area is 125 Å². The summed E-state index contributed by atoms with van der Waals surface area (Å²) in [6, 6.07) is 5.46. The van der Waals surface area contributed by atoms with E-state index < -0.39 is 0 Å². The van der Waals surface area contributed by atoms with Gasteiger partial charge in [0.25, 0.3) is 5.91 Å². The van der Waals surface area contributed by atoms with Crippen molar-refractivity contribution in [2.75, 3.05) is 33.3 Å². The topological polar surface area (TPSA) is 49.9 Å². The van der Waals surface area contributed by atoms with Gasteiger partial charge in [0.2, 0.25) is 5.91 Å². The number of hydrogen-bond donors (Lipinski definition) is 0. The average Bonchev–Trinajstić information content (AvgIpc) is 2.53. The Morgan fingerprint density at radius 3 is 2.29 bits per heavy atom. The van der Waals surface area contributed by atoms with Crippen LogP contribution in [0.25, 0.3) is 0 Å². The Morgan fingerprint density at radius 1 is 1.14 bits per heavy atom. The Morgan fingerprint density at radius 2 is 1.76 bits per heavy atom. The minimum atomic E-state index is 0.0179. The number of aryl methyl sites for hydroxylation is 1. The number of benzene rings is 1. The fourth-order valence-corrected chi connectivity index (χ4v) is 2.58. The van der Waals surface area contributed by atoms with Gasteiger partial charge in [-0.1, -0.05) is 6.92 Å². The van der Waals surface area contributed by atoms with Crippen molar-refractivity contribution in [1.29, 1.82) is 0 Å². The van der Waals surface area contributed by atoms with Crippen LogP contribution < -0.4 is 4.74 Å². The van der Waals surface area contributed by atoms with Gasteiger partial charge in [-0.05, 0) is 30.7 Å². The summed E-state index contributed by atoms with van der Waals surface area (Å²) in [5.74, 6) is 0.955. The third-order valence-corrected chi connectivity index (χ3v) is 3.86. The van der Waals surface area contributed by atoms with Crippen LogP contribution >= 0.6 is 0 Å². The second-order valence-electron chi connectivity index (χ2n) is 5.21. The minimum absolute atomic E-state index is 0.0179. The molecule has 2 rings (SSSR count). The van der Waals surface area contributed by atoms with E-state index in [0.29, 0.717) is 38.2 Å². The SMILES string of the molecule is CCC(=O)N1CCN(C(=O)c2ccc(OC)c(C)c2)CC1. The molecule has 0 atom stereocenters. The van der Waals surface area contributed by atoms with Gasteiger partial charge in [0.1, 0.15) is 5.75 Å². The number of nitrogens with zero attached hydrogens (tertiary/aromatic N) is 2. The van der Waals surface area contributed by atoms with E-state index >= 15 is 0 Å². The Bertz CT molecular complexity index is 534. The number of carbonyl (C=O) groups is 2. The van der Waals surface area contributed by atoms with Gasteiger partial charge in [-0.2, -0.15) is 0 Å². The molecule has 0 aliphatic carbocycles. The zero-order chi connectivity index (χ0) is 15.4. The van der Waals surface area contributed by atoms with Gasteiger partial charge in [0.05, 0.1) is 7.11 Å². The summed E-state index contributed by atoms with van der Waals surface area (Å²) in [4.78, 5) is 27.7. The summed E-state index contributed by atoms with van der Waals surface area (Å²) in [6.07, 6.45) is 0.519. The molecule has 0 spiro atoms. The summed E-state index contributed by atoms with van der Waals surface area (Å²) in [5, 5.41) is 0. The van der Waals surface area contributed by atoms with Crippen LogP contribution in [-0.4, -0.2) is 54.9 Å². The molecule has 2 amide bonds. The molecular formula is C16H22N2O3. The second kappa shape index (κ2) is 6.61. The Hall–Kier alpha value is -2.04. The molecule has 5 nitrogen and oxygen atoms in total. The van der Waals surface area contributed by atoms with Crippen LogP contribution in [0, 0.1) is 6.92 Å². The Balaban J connectivity index is 2.02. The maximum atomic E-state index is 12.5. The largest absolute Gasteiger partial charge is 0.496 e. The predicted octanol–water partition coefficient (Wildman–Crippen LogP) is 1.70. The first-order chi connectivity index (χ1) is 10.1. The summed E-state index contributed by atoms with van der Waals surface area (Å²) < 4.78 is 5.21. The molecule has 0 bridgehead atoms. The van der Waals surface area contributed by atoms with Crippen LogP contribution in [0.1, 0.15) is 29.3 Å². The lowest BCUT2D eigenvalue weighted by atomic mass is 10.1. The van der Waals surface area contributed by atoms with E-state index in [2.05, 4.69) is 0 Å². The van der Waals surface area contributed by atoms with Gasteiger partial charge in [-0.25, -0.2) is 0 Å².